The van der Waals surface area contributed by atoms with Gasteiger partial charge in [-0.1, -0.05) is 60.2 Å². The minimum Gasteiger partial charge on any atom is -0.342 e. The average Bonchev–Trinajstić information content (AvgIpc) is 3.11. The van der Waals surface area contributed by atoms with Crippen molar-refractivity contribution in [3.8, 4) is 12.1 Å². The van der Waals surface area contributed by atoms with E-state index in [1.54, 1.807) is 18.2 Å². The van der Waals surface area contributed by atoms with Crippen molar-refractivity contribution in [1.29, 1.82) is 10.5 Å². The molecule has 3 aromatic carbocycles. The highest BCUT2D eigenvalue weighted by atomic mass is 15.0. The molecule has 0 unspecified atom stereocenters. The molecule has 0 radical (unpaired) electrons. The zero-order valence-corrected chi connectivity index (χ0v) is 16.1. The number of nitriles is 2. The predicted molar refractivity (Wildman–Crippen MR) is 117 cm³/mol. The maximum Gasteiger partial charge on any atom is 0.0998 e. The van der Waals surface area contributed by atoms with Gasteiger partial charge < -0.3 is 4.57 Å². The summed E-state index contributed by atoms with van der Waals surface area (Å²) in [4.78, 5) is 0. The van der Waals surface area contributed by atoms with Gasteiger partial charge in [0.05, 0.1) is 23.3 Å². The quantitative estimate of drug-likeness (QED) is 0.416. The van der Waals surface area contributed by atoms with E-state index in [1.807, 2.05) is 24.3 Å². The van der Waals surface area contributed by atoms with Gasteiger partial charge in [0.15, 0.2) is 0 Å². The molecule has 0 atom stereocenters. The van der Waals surface area contributed by atoms with E-state index in [-0.39, 0.29) is 0 Å². The van der Waals surface area contributed by atoms with Gasteiger partial charge in [-0.25, -0.2) is 0 Å². The fourth-order valence-corrected chi connectivity index (χ4v) is 3.50. The number of aromatic nitrogens is 1. The predicted octanol–water partition coefficient (Wildman–Crippen LogP) is 5.93. The molecule has 3 nitrogen and oxygen atoms in total. The number of para-hydroxylation sites is 1. The van der Waals surface area contributed by atoms with E-state index in [9.17, 15) is 5.26 Å². The van der Waals surface area contributed by atoms with E-state index < -0.39 is 0 Å². The lowest BCUT2D eigenvalue weighted by Gasteiger charge is -2.06. The van der Waals surface area contributed by atoms with Crippen LogP contribution in [0.4, 0.5) is 0 Å². The van der Waals surface area contributed by atoms with Gasteiger partial charge in [-0.15, -0.1) is 0 Å². The van der Waals surface area contributed by atoms with E-state index in [4.69, 9.17) is 5.26 Å². The number of benzene rings is 3. The Hall–Kier alpha value is -4.08. The Labute approximate surface area is 170 Å². The van der Waals surface area contributed by atoms with Crippen molar-refractivity contribution >= 4 is 22.6 Å². The van der Waals surface area contributed by atoms with Crippen LogP contribution in [-0.2, 0) is 6.54 Å². The van der Waals surface area contributed by atoms with Gasteiger partial charge in [-0.3, -0.25) is 0 Å². The Morgan fingerprint density at radius 1 is 0.966 bits per heavy atom. The van der Waals surface area contributed by atoms with Gasteiger partial charge >= 0.3 is 0 Å². The van der Waals surface area contributed by atoms with E-state index in [2.05, 4.69) is 66.2 Å². The van der Waals surface area contributed by atoms with Gasteiger partial charge in [0, 0.05) is 29.2 Å². The monoisotopic (exact) mass is 373 g/mol. The van der Waals surface area contributed by atoms with Gasteiger partial charge in [-0.05, 0) is 42.3 Å². The molecule has 29 heavy (non-hydrogen) atoms. The third kappa shape index (κ3) is 3.81. The highest BCUT2D eigenvalue weighted by Crippen LogP contribution is 2.27. The fourth-order valence-electron chi connectivity index (χ4n) is 3.50. The van der Waals surface area contributed by atoms with Crippen LogP contribution in [0.25, 0.3) is 22.6 Å². The van der Waals surface area contributed by atoms with E-state index in [0.717, 1.165) is 28.6 Å². The Balaban J connectivity index is 1.79. The highest BCUT2D eigenvalue weighted by molar-refractivity contribution is 5.98. The fraction of sp³-hybridized carbons (Fsp3) is 0.0769. The molecule has 3 heteroatoms. The first-order valence-corrected chi connectivity index (χ1v) is 9.43. The van der Waals surface area contributed by atoms with Crippen LogP contribution in [0.3, 0.4) is 0 Å². The van der Waals surface area contributed by atoms with E-state index >= 15 is 0 Å². The molecule has 138 valence electrons. The molecular formula is C26H19N3. The number of nitrogens with zero attached hydrogens (tertiary/aromatic N) is 3. The van der Waals surface area contributed by atoms with Crippen molar-refractivity contribution < 1.29 is 0 Å². The van der Waals surface area contributed by atoms with Crippen LogP contribution in [0.5, 0.6) is 0 Å². The lowest BCUT2D eigenvalue weighted by molar-refractivity contribution is 0.836. The first-order chi connectivity index (χ1) is 14.2. The molecule has 1 heterocycles. The summed E-state index contributed by atoms with van der Waals surface area (Å²) < 4.78 is 2.21. The van der Waals surface area contributed by atoms with E-state index in [0.29, 0.717) is 11.1 Å². The molecule has 0 aliphatic carbocycles. The molecule has 0 N–H and O–H groups in total. The molecule has 0 aliphatic heterocycles. The zero-order chi connectivity index (χ0) is 20.2. The number of hydrogen-bond donors (Lipinski definition) is 0. The summed E-state index contributed by atoms with van der Waals surface area (Å²) in [5.41, 5.74) is 6.43. The summed E-state index contributed by atoms with van der Waals surface area (Å²) in [5, 5.41) is 20.0. The summed E-state index contributed by atoms with van der Waals surface area (Å²) in [6.45, 7) is 2.85. The van der Waals surface area contributed by atoms with E-state index in [1.165, 1.54) is 11.1 Å². The molecule has 0 saturated heterocycles. The van der Waals surface area contributed by atoms with Crippen molar-refractivity contribution in [2.45, 2.75) is 13.5 Å². The molecule has 0 amide bonds. The maximum atomic E-state index is 9.74. The molecule has 1 aromatic heterocycles. The Kier molecular flexibility index (Phi) is 4.97. The van der Waals surface area contributed by atoms with Gasteiger partial charge in [0.2, 0.25) is 0 Å². The Morgan fingerprint density at radius 2 is 1.76 bits per heavy atom. The molecule has 4 aromatic rings. The van der Waals surface area contributed by atoms with Crippen LogP contribution >= 0.6 is 0 Å². The van der Waals surface area contributed by atoms with Crippen LogP contribution in [0.15, 0.2) is 79.0 Å². The molecule has 0 saturated carbocycles. The topological polar surface area (TPSA) is 52.5 Å². The van der Waals surface area contributed by atoms with Crippen LogP contribution in [0.2, 0.25) is 0 Å². The Bertz CT molecular complexity index is 1290. The standard InChI is InChI=1S/C26H19N3/c1-19-9-11-20(12-10-19)17-29-18-24(25-7-2-3-8-26(25)29)14-23(16-28)22-6-4-5-21(13-22)15-27/h2-14,18H,17H2,1H3/b23-14+. The normalized spacial score (nSPS) is 11.2. The zero-order valence-electron chi connectivity index (χ0n) is 16.1. The van der Waals surface area contributed by atoms with Crippen LogP contribution < -0.4 is 0 Å². The lowest BCUT2D eigenvalue weighted by atomic mass is 10.0. The van der Waals surface area contributed by atoms with Gasteiger partial charge in [0.1, 0.15) is 0 Å². The Morgan fingerprint density at radius 3 is 2.52 bits per heavy atom. The van der Waals surface area contributed by atoms with Crippen molar-refractivity contribution in [2.75, 3.05) is 0 Å². The third-order valence-corrected chi connectivity index (χ3v) is 5.02. The summed E-state index contributed by atoms with van der Waals surface area (Å²) in [7, 11) is 0. The van der Waals surface area contributed by atoms with Gasteiger partial charge in [-0.2, -0.15) is 10.5 Å². The van der Waals surface area contributed by atoms with Crippen molar-refractivity contribution in [3.63, 3.8) is 0 Å². The summed E-state index contributed by atoms with van der Waals surface area (Å²) >= 11 is 0. The first kappa shape index (κ1) is 18.3. The maximum absolute atomic E-state index is 9.74. The van der Waals surface area contributed by atoms with Crippen LogP contribution in [0.1, 0.15) is 27.8 Å². The minimum atomic E-state index is 0.542. The first-order valence-electron chi connectivity index (χ1n) is 9.43. The SMILES string of the molecule is Cc1ccc(Cn2cc(/C=C(\C#N)c3cccc(C#N)c3)c3ccccc32)cc1. The number of rotatable bonds is 4. The summed E-state index contributed by atoms with van der Waals surface area (Å²) in [5.74, 6) is 0. The molecule has 0 aliphatic rings. The van der Waals surface area contributed by atoms with Crippen LogP contribution in [0, 0.1) is 29.6 Å². The molecule has 0 spiro atoms. The third-order valence-electron chi connectivity index (χ3n) is 5.02. The highest BCUT2D eigenvalue weighted by Gasteiger charge is 2.09. The number of fused-ring (bicyclic) bond motifs is 1. The van der Waals surface area contributed by atoms with Crippen LogP contribution in [-0.4, -0.2) is 4.57 Å². The number of allylic oxidation sites excluding steroid dienone is 1. The van der Waals surface area contributed by atoms with Crippen molar-refractivity contribution in [1.82, 2.24) is 4.57 Å². The molecule has 0 bridgehead atoms. The van der Waals surface area contributed by atoms with Gasteiger partial charge in [0.25, 0.3) is 0 Å². The van der Waals surface area contributed by atoms with Crippen molar-refractivity contribution in [2.24, 2.45) is 0 Å². The second kappa shape index (κ2) is 7.89. The second-order valence-electron chi connectivity index (χ2n) is 7.08. The lowest BCUT2D eigenvalue weighted by Crippen LogP contribution is -1.97. The molecular weight excluding hydrogens is 354 g/mol. The summed E-state index contributed by atoms with van der Waals surface area (Å²) in [6, 6.07) is 28.3. The average molecular weight is 373 g/mol. The van der Waals surface area contributed by atoms with Crippen molar-refractivity contribution in [3.05, 3.63) is 107 Å². The largest absolute Gasteiger partial charge is 0.342 e. The molecule has 0 fully saturated rings. The molecule has 4 rings (SSSR count). The smallest absolute Gasteiger partial charge is 0.0998 e. The second-order valence-corrected chi connectivity index (χ2v) is 7.08. The minimum absolute atomic E-state index is 0.542. The number of aryl methyl sites for hydroxylation is 1. The number of hydrogen-bond acceptors (Lipinski definition) is 2. The summed E-state index contributed by atoms with van der Waals surface area (Å²) in [6.07, 6.45) is 4.00.